The Morgan fingerprint density at radius 1 is 1.31 bits per heavy atom. The molecule has 0 unspecified atom stereocenters. The summed E-state index contributed by atoms with van der Waals surface area (Å²) in [6, 6.07) is 5.62. The quantitative estimate of drug-likeness (QED) is 0.224. The van der Waals surface area contributed by atoms with Crippen LogP contribution in [0.15, 0.2) is 41.3 Å². The fraction of sp³-hybridized carbons (Fsp3) is 0.273. The second-order valence-corrected chi connectivity index (χ2v) is 13.2. The molecule has 1 N–H and O–H groups in total. The lowest BCUT2D eigenvalue weighted by Gasteiger charge is -2.32. The molecule has 178 valence electrons. The van der Waals surface area contributed by atoms with Crippen molar-refractivity contribution >= 4 is 56.6 Å². The average molecular weight is 695 g/mol. The first-order valence-electron chi connectivity index (χ1n) is 10.8. The van der Waals surface area contributed by atoms with Crippen LogP contribution in [0.25, 0.3) is 17.1 Å². The predicted octanol–water partition coefficient (Wildman–Crippen LogP) is 3.81. The highest BCUT2D eigenvalue weighted by atomic mass is 127. The zero-order valence-electron chi connectivity index (χ0n) is 18.7. The number of hydrogen-bond acceptors (Lipinski definition) is 7. The Kier molecular flexibility index (Phi) is 5.62. The maximum Gasteiger partial charge on any atom is 0.312 e. The molecule has 0 aromatic carbocycles. The Hall–Kier alpha value is -2.82. The Balaban J connectivity index is 1.42. The highest BCUT2D eigenvalue weighted by molar-refractivity contribution is 14.2. The molecule has 0 radical (unpaired) electrons. The summed E-state index contributed by atoms with van der Waals surface area (Å²) < 4.78 is 9.62. The van der Waals surface area contributed by atoms with Crippen LogP contribution in [0, 0.1) is 6.92 Å². The van der Waals surface area contributed by atoms with E-state index in [1.807, 2.05) is 29.8 Å². The zero-order chi connectivity index (χ0) is 24.3. The van der Waals surface area contributed by atoms with Crippen LogP contribution in [0.3, 0.4) is 0 Å². The van der Waals surface area contributed by atoms with E-state index in [4.69, 9.17) is 9.52 Å². The van der Waals surface area contributed by atoms with E-state index in [1.54, 1.807) is 29.2 Å². The van der Waals surface area contributed by atoms with Crippen molar-refractivity contribution in [3.05, 3.63) is 71.0 Å². The molecule has 0 saturated carbocycles. The van der Waals surface area contributed by atoms with Gasteiger partial charge in [-0.25, -0.2) is 9.50 Å². The largest absolute Gasteiger partial charge is 0.411 e. The maximum atomic E-state index is 13.7. The first-order valence-corrected chi connectivity index (χ1v) is 13.3. The van der Waals surface area contributed by atoms with Crippen LogP contribution >= 0.6 is 45.2 Å². The summed E-state index contributed by atoms with van der Waals surface area (Å²) in [6.07, 6.45) is 5.93. The summed E-state index contributed by atoms with van der Waals surface area (Å²) in [7, 11) is 1.79. The van der Waals surface area contributed by atoms with Gasteiger partial charge >= 0.3 is 11.8 Å². The number of imidazole rings is 1. The van der Waals surface area contributed by atoms with Crippen LogP contribution in [-0.2, 0) is 13.5 Å². The van der Waals surface area contributed by atoms with Gasteiger partial charge < -0.3 is 14.3 Å². The molecule has 5 aromatic rings. The number of aryl methyl sites for hydroxylation is 2. The molecule has 11 nitrogen and oxygen atoms in total. The number of rotatable bonds is 4. The number of nitrogens with zero attached hydrogens (tertiary/aromatic N) is 8. The number of halogens is 2. The third-order valence-electron chi connectivity index (χ3n) is 6.19. The van der Waals surface area contributed by atoms with Gasteiger partial charge in [0.25, 0.3) is 5.89 Å². The SMILES string of the molecule is Cc1cnn(C)c1-c1nnc(C(=O)N2CCc3[nH]cnc3[C@H]2c2cc3c(C(I)I)cccn3n2)o1. The van der Waals surface area contributed by atoms with Crippen LogP contribution in [0.2, 0.25) is 0 Å². The number of alkyl halides is 2. The first-order chi connectivity index (χ1) is 16.9. The Morgan fingerprint density at radius 2 is 2.17 bits per heavy atom. The molecule has 0 saturated heterocycles. The fourth-order valence-electron chi connectivity index (χ4n) is 4.55. The second kappa shape index (κ2) is 8.69. The van der Waals surface area contributed by atoms with Crippen LogP contribution in [-0.4, -0.2) is 56.9 Å². The number of carbonyl (C=O) groups excluding carboxylic acids is 1. The van der Waals surface area contributed by atoms with Gasteiger partial charge in [0, 0.05) is 37.5 Å². The van der Waals surface area contributed by atoms with Gasteiger partial charge in [0.1, 0.15) is 11.7 Å². The van der Waals surface area contributed by atoms with Crippen LogP contribution in [0.5, 0.6) is 0 Å². The average Bonchev–Trinajstić information content (AvgIpc) is 3.63. The number of nitrogens with one attached hydrogen (secondary N) is 1. The number of aromatic nitrogens is 8. The number of pyridine rings is 1. The molecule has 35 heavy (non-hydrogen) atoms. The monoisotopic (exact) mass is 695 g/mol. The Bertz CT molecular complexity index is 1540. The molecule has 1 atom stereocenters. The van der Waals surface area contributed by atoms with Crippen molar-refractivity contribution in [2.45, 2.75) is 21.3 Å². The summed E-state index contributed by atoms with van der Waals surface area (Å²) in [5, 5.41) is 17.3. The molecule has 0 fully saturated rings. The molecule has 5 aromatic heterocycles. The minimum Gasteiger partial charge on any atom is -0.411 e. The van der Waals surface area contributed by atoms with Crippen molar-refractivity contribution in [1.29, 1.82) is 0 Å². The fourth-order valence-corrected chi connectivity index (χ4v) is 5.61. The lowest BCUT2D eigenvalue weighted by atomic mass is 9.99. The van der Waals surface area contributed by atoms with Gasteiger partial charge in [-0.3, -0.25) is 9.48 Å². The molecule has 0 aliphatic carbocycles. The highest BCUT2D eigenvalue weighted by Gasteiger charge is 2.38. The van der Waals surface area contributed by atoms with Crippen molar-refractivity contribution < 1.29 is 9.21 Å². The van der Waals surface area contributed by atoms with E-state index < -0.39 is 6.04 Å². The van der Waals surface area contributed by atoms with E-state index in [-0.39, 0.29) is 19.6 Å². The number of aromatic amines is 1. The molecule has 1 amide bonds. The minimum absolute atomic E-state index is 0.0753. The van der Waals surface area contributed by atoms with Gasteiger partial charge in [0.05, 0.1) is 31.4 Å². The Labute approximate surface area is 226 Å². The number of carbonyl (C=O) groups is 1. The van der Waals surface area contributed by atoms with Crippen molar-refractivity contribution in [3.8, 4) is 11.6 Å². The lowest BCUT2D eigenvalue weighted by molar-refractivity contribution is 0.0646. The number of H-pyrrole nitrogens is 1. The van der Waals surface area contributed by atoms with Gasteiger partial charge in [-0.1, -0.05) is 51.2 Å². The minimum atomic E-state index is -0.485. The van der Waals surface area contributed by atoms with Gasteiger partial charge in [-0.15, -0.1) is 10.2 Å². The summed E-state index contributed by atoms with van der Waals surface area (Å²) in [4.78, 5) is 23.2. The smallest absolute Gasteiger partial charge is 0.312 e. The molecule has 0 spiro atoms. The molecule has 6 rings (SSSR count). The normalized spacial score (nSPS) is 15.8. The van der Waals surface area contributed by atoms with Gasteiger partial charge in [0.2, 0.25) is 0 Å². The first kappa shape index (κ1) is 22.6. The summed E-state index contributed by atoms with van der Waals surface area (Å²) in [5.41, 5.74) is 6.23. The van der Waals surface area contributed by atoms with E-state index in [9.17, 15) is 4.79 Å². The maximum absolute atomic E-state index is 13.7. The summed E-state index contributed by atoms with van der Waals surface area (Å²) >= 11 is 4.77. The van der Waals surface area contributed by atoms with Crippen molar-refractivity contribution in [3.63, 3.8) is 0 Å². The van der Waals surface area contributed by atoms with Gasteiger partial charge in [-0.05, 0) is 24.6 Å². The standard InChI is InChI=1S/C22H19I2N9O2/c1-11-9-27-31(2)17(11)20-28-29-21(35-20)22(34)32-7-5-13-16(26-10-25-13)18(32)14-8-15-12(19(23)24)4-3-6-33(15)30-14/h3-4,6,8-10,18-19H,5,7H2,1-2H3,(H,25,26)/t18-/m1/s1. The second-order valence-electron chi connectivity index (χ2n) is 8.29. The van der Waals surface area contributed by atoms with Crippen LogP contribution in [0.1, 0.15) is 46.9 Å². The van der Waals surface area contributed by atoms with E-state index in [2.05, 4.69) is 76.5 Å². The number of hydrogen-bond donors (Lipinski definition) is 1. The summed E-state index contributed by atoms with van der Waals surface area (Å²) in [5.74, 6) is -0.179. The number of fused-ring (bicyclic) bond motifs is 2. The van der Waals surface area contributed by atoms with E-state index in [1.165, 1.54) is 0 Å². The highest BCUT2D eigenvalue weighted by Crippen LogP contribution is 2.37. The molecule has 13 heteroatoms. The third-order valence-corrected chi connectivity index (χ3v) is 7.53. The lowest BCUT2D eigenvalue weighted by Crippen LogP contribution is -2.41. The van der Waals surface area contributed by atoms with Crippen molar-refractivity contribution in [2.75, 3.05) is 6.54 Å². The topological polar surface area (TPSA) is 123 Å². The Morgan fingerprint density at radius 3 is 2.94 bits per heavy atom. The molecular formula is C22H19I2N9O2. The third kappa shape index (κ3) is 3.75. The van der Waals surface area contributed by atoms with E-state index in [0.717, 1.165) is 33.7 Å². The molecule has 0 bridgehead atoms. The molecular weight excluding hydrogens is 676 g/mol. The van der Waals surface area contributed by atoms with Gasteiger partial charge in [0.15, 0.2) is 0 Å². The van der Waals surface area contributed by atoms with Crippen LogP contribution in [0.4, 0.5) is 0 Å². The predicted molar refractivity (Wildman–Crippen MR) is 142 cm³/mol. The van der Waals surface area contributed by atoms with E-state index >= 15 is 0 Å². The summed E-state index contributed by atoms with van der Waals surface area (Å²) in [6.45, 7) is 2.37. The van der Waals surface area contributed by atoms with Gasteiger partial charge in [-0.2, -0.15) is 10.2 Å². The van der Waals surface area contributed by atoms with E-state index in [0.29, 0.717) is 18.7 Å². The van der Waals surface area contributed by atoms with Crippen LogP contribution < -0.4 is 0 Å². The molecule has 6 heterocycles. The molecule has 1 aliphatic heterocycles. The van der Waals surface area contributed by atoms with Crippen molar-refractivity contribution in [2.24, 2.45) is 7.05 Å². The van der Waals surface area contributed by atoms with Crippen molar-refractivity contribution in [1.82, 2.24) is 44.5 Å². The zero-order valence-corrected chi connectivity index (χ0v) is 23.0. The molecule has 1 aliphatic rings. The number of amides is 1.